The molecule has 1 amide bonds. The van der Waals surface area contributed by atoms with E-state index in [2.05, 4.69) is 32.6 Å². The van der Waals surface area contributed by atoms with Crippen LogP contribution in [0.3, 0.4) is 0 Å². The quantitative estimate of drug-likeness (QED) is 0.792. The first-order valence-electron chi connectivity index (χ1n) is 8.38. The van der Waals surface area contributed by atoms with E-state index in [0.29, 0.717) is 35.8 Å². The van der Waals surface area contributed by atoms with Crippen LogP contribution in [0.1, 0.15) is 59.8 Å². The van der Waals surface area contributed by atoms with Gasteiger partial charge in [0.25, 0.3) is 0 Å². The molecule has 0 unspecified atom stereocenters. The van der Waals surface area contributed by atoms with Gasteiger partial charge < -0.3 is 9.64 Å². The highest BCUT2D eigenvalue weighted by atomic mass is 16.5. The van der Waals surface area contributed by atoms with Crippen LogP contribution in [-0.2, 0) is 9.53 Å². The van der Waals surface area contributed by atoms with Crippen LogP contribution >= 0.6 is 0 Å². The molecule has 2 saturated heterocycles. The average molecular weight is 281 g/mol. The Labute approximate surface area is 124 Å². The first kappa shape index (κ1) is 15.8. The summed E-state index contributed by atoms with van der Waals surface area (Å²) in [7, 11) is 0. The van der Waals surface area contributed by atoms with E-state index in [9.17, 15) is 4.79 Å². The van der Waals surface area contributed by atoms with E-state index in [1.54, 1.807) is 0 Å². The summed E-state index contributed by atoms with van der Waals surface area (Å²) < 4.78 is 5.81. The normalized spacial score (nSPS) is 35.4. The Morgan fingerprint density at radius 1 is 1.25 bits per heavy atom. The summed E-state index contributed by atoms with van der Waals surface area (Å²) in [6.07, 6.45) is 5.60. The third-order valence-corrected chi connectivity index (χ3v) is 5.07. The molecular weight excluding hydrogens is 250 g/mol. The molecule has 2 heterocycles. The van der Waals surface area contributed by atoms with E-state index in [1.807, 2.05) is 0 Å². The molecule has 0 aromatic carbocycles. The second kappa shape index (κ2) is 6.93. The van der Waals surface area contributed by atoms with Crippen LogP contribution in [-0.4, -0.2) is 36.1 Å². The molecule has 2 fully saturated rings. The SMILES string of the molecule is CC(C)[C@H]1C[C@H](CC(=O)N2C[C@H](C)CC[C@@H]2C)CCO1. The summed E-state index contributed by atoms with van der Waals surface area (Å²) >= 11 is 0. The Bertz CT molecular complexity index is 329. The smallest absolute Gasteiger partial charge is 0.223 e. The minimum atomic E-state index is 0.347. The van der Waals surface area contributed by atoms with Gasteiger partial charge in [-0.3, -0.25) is 4.79 Å². The van der Waals surface area contributed by atoms with Crippen LogP contribution < -0.4 is 0 Å². The van der Waals surface area contributed by atoms with Gasteiger partial charge in [0.1, 0.15) is 0 Å². The molecule has 20 heavy (non-hydrogen) atoms. The lowest BCUT2D eigenvalue weighted by atomic mass is 9.87. The summed E-state index contributed by atoms with van der Waals surface area (Å²) in [4.78, 5) is 14.7. The topological polar surface area (TPSA) is 29.5 Å². The summed E-state index contributed by atoms with van der Waals surface area (Å²) in [5.74, 6) is 2.11. The fourth-order valence-corrected chi connectivity index (χ4v) is 3.55. The molecule has 0 spiro atoms. The van der Waals surface area contributed by atoms with Crippen molar-refractivity contribution in [2.75, 3.05) is 13.2 Å². The number of hydrogen-bond acceptors (Lipinski definition) is 2. The molecule has 0 bridgehead atoms. The zero-order valence-electron chi connectivity index (χ0n) is 13.6. The molecule has 0 radical (unpaired) electrons. The van der Waals surface area contributed by atoms with E-state index < -0.39 is 0 Å². The molecule has 0 aliphatic carbocycles. The summed E-state index contributed by atoms with van der Waals surface area (Å²) in [5, 5.41) is 0. The van der Waals surface area contributed by atoms with Gasteiger partial charge in [0.2, 0.25) is 5.91 Å². The first-order chi connectivity index (χ1) is 9.47. The number of carbonyl (C=O) groups is 1. The maximum atomic E-state index is 12.6. The van der Waals surface area contributed by atoms with Crippen molar-refractivity contribution in [3.63, 3.8) is 0 Å². The molecule has 3 nitrogen and oxygen atoms in total. The highest BCUT2D eigenvalue weighted by Gasteiger charge is 2.31. The fourth-order valence-electron chi connectivity index (χ4n) is 3.55. The number of rotatable bonds is 3. The molecule has 0 N–H and O–H groups in total. The number of amides is 1. The molecule has 3 heteroatoms. The number of likely N-dealkylation sites (tertiary alicyclic amines) is 1. The van der Waals surface area contributed by atoms with E-state index in [1.165, 1.54) is 6.42 Å². The van der Waals surface area contributed by atoms with Gasteiger partial charge in [-0.05, 0) is 50.4 Å². The lowest BCUT2D eigenvalue weighted by Crippen LogP contribution is -2.46. The molecular formula is C17H31NO2. The third kappa shape index (κ3) is 3.97. The van der Waals surface area contributed by atoms with Crippen molar-refractivity contribution < 1.29 is 9.53 Å². The second-order valence-corrected chi connectivity index (χ2v) is 7.33. The van der Waals surface area contributed by atoms with Crippen molar-refractivity contribution in [2.45, 2.75) is 71.9 Å². The minimum Gasteiger partial charge on any atom is -0.378 e. The van der Waals surface area contributed by atoms with E-state index >= 15 is 0 Å². The molecule has 2 aliphatic heterocycles. The van der Waals surface area contributed by atoms with Gasteiger partial charge in [0.15, 0.2) is 0 Å². The van der Waals surface area contributed by atoms with Crippen LogP contribution in [0, 0.1) is 17.8 Å². The van der Waals surface area contributed by atoms with Gasteiger partial charge in [-0.25, -0.2) is 0 Å². The van der Waals surface area contributed by atoms with Gasteiger partial charge in [0.05, 0.1) is 6.10 Å². The maximum Gasteiger partial charge on any atom is 0.223 e. The van der Waals surface area contributed by atoms with Crippen molar-refractivity contribution in [1.29, 1.82) is 0 Å². The lowest BCUT2D eigenvalue weighted by Gasteiger charge is -2.38. The Kier molecular flexibility index (Phi) is 5.48. The fraction of sp³-hybridized carbons (Fsp3) is 0.941. The number of nitrogens with zero attached hydrogens (tertiary/aromatic N) is 1. The number of piperidine rings is 1. The monoisotopic (exact) mass is 281 g/mol. The number of hydrogen-bond donors (Lipinski definition) is 0. The molecule has 0 saturated carbocycles. The van der Waals surface area contributed by atoms with Crippen LogP contribution in [0.4, 0.5) is 0 Å². The van der Waals surface area contributed by atoms with Crippen LogP contribution in [0.15, 0.2) is 0 Å². The van der Waals surface area contributed by atoms with Gasteiger partial charge in [-0.15, -0.1) is 0 Å². The number of ether oxygens (including phenoxy) is 1. The number of carbonyl (C=O) groups excluding carboxylic acids is 1. The van der Waals surface area contributed by atoms with Crippen LogP contribution in [0.25, 0.3) is 0 Å². The van der Waals surface area contributed by atoms with Crippen molar-refractivity contribution in [2.24, 2.45) is 17.8 Å². The van der Waals surface area contributed by atoms with Crippen molar-refractivity contribution in [1.82, 2.24) is 4.90 Å². The maximum absolute atomic E-state index is 12.6. The van der Waals surface area contributed by atoms with Gasteiger partial charge in [-0.1, -0.05) is 20.8 Å². The van der Waals surface area contributed by atoms with Crippen molar-refractivity contribution in [3.8, 4) is 0 Å². The predicted octanol–water partition coefficient (Wildman–Crippen LogP) is 3.47. The molecule has 0 aromatic heterocycles. The summed E-state index contributed by atoms with van der Waals surface area (Å²) in [6, 6.07) is 0.430. The molecule has 116 valence electrons. The Morgan fingerprint density at radius 3 is 2.70 bits per heavy atom. The predicted molar refractivity (Wildman–Crippen MR) is 81.5 cm³/mol. The molecule has 2 aliphatic rings. The Morgan fingerprint density at radius 2 is 2.00 bits per heavy atom. The van der Waals surface area contributed by atoms with E-state index in [0.717, 1.165) is 38.8 Å². The lowest BCUT2D eigenvalue weighted by molar-refractivity contribution is -0.138. The van der Waals surface area contributed by atoms with Gasteiger partial charge in [0, 0.05) is 25.6 Å². The van der Waals surface area contributed by atoms with Crippen molar-refractivity contribution >= 4 is 5.91 Å². The van der Waals surface area contributed by atoms with E-state index in [-0.39, 0.29) is 0 Å². The molecule has 0 aromatic rings. The van der Waals surface area contributed by atoms with Crippen molar-refractivity contribution in [3.05, 3.63) is 0 Å². The summed E-state index contributed by atoms with van der Waals surface area (Å²) in [6.45, 7) is 10.7. The first-order valence-corrected chi connectivity index (χ1v) is 8.38. The van der Waals surface area contributed by atoms with Gasteiger partial charge >= 0.3 is 0 Å². The third-order valence-electron chi connectivity index (χ3n) is 5.07. The minimum absolute atomic E-state index is 0.347. The second-order valence-electron chi connectivity index (χ2n) is 7.33. The van der Waals surface area contributed by atoms with Crippen LogP contribution in [0.5, 0.6) is 0 Å². The van der Waals surface area contributed by atoms with Gasteiger partial charge in [-0.2, -0.15) is 0 Å². The highest BCUT2D eigenvalue weighted by Crippen LogP contribution is 2.29. The Balaban J connectivity index is 1.87. The standard InChI is InChI=1S/C17H31NO2/c1-12(2)16-9-15(7-8-20-16)10-17(19)18-11-13(3)5-6-14(18)4/h12-16H,5-11H2,1-4H3/t13-,14+,15-,16-/m1/s1. The zero-order valence-corrected chi connectivity index (χ0v) is 13.6. The zero-order chi connectivity index (χ0) is 14.7. The summed E-state index contributed by atoms with van der Waals surface area (Å²) in [5.41, 5.74) is 0. The average Bonchev–Trinajstić information content (AvgIpc) is 2.41. The van der Waals surface area contributed by atoms with E-state index in [4.69, 9.17) is 4.74 Å². The largest absolute Gasteiger partial charge is 0.378 e. The molecule has 4 atom stereocenters. The highest BCUT2D eigenvalue weighted by molar-refractivity contribution is 5.76. The Hall–Kier alpha value is -0.570. The molecule has 2 rings (SSSR count). The van der Waals surface area contributed by atoms with Crippen LogP contribution in [0.2, 0.25) is 0 Å².